The highest BCUT2D eigenvalue weighted by molar-refractivity contribution is 6.01. The molecular weight excluding hydrogens is 340 g/mol. The van der Waals surface area contributed by atoms with E-state index in [9.17, 15) is 18.4 Å². The summed E-state index contributed by atoms with van der Waals surface area (Å²) in [5.74, 6) is -1.89. The summed E-state index contributed by atoms with van der Waals surface area (Å²) >= 11 is 0. The summed E-state index contributed by atoms with van der Waals surface area (Å²) < 4.78 is 28.6. The van der Waals surface area contributed by atoms with E-state index in [4.69, 9.17) is 0 Å². The number of imide groups is 1. The van der Waals surface area contributed by atoms with Gasteiger partial charge in [-0.3, -0.25) is 14.9 Å². The van der Waals surface area contributed by atoms with E-state index in [1.54, 1.807) is 0 Å². The van der Waals surface area contributed by atoms with Crippen LogP contribution in [0.5, 0.6) is 0 Å². The molecule has 0 aliphatic carbocycles. The highest BCUT2D eigenvalue weighted by Crippen LogP contribution is 2.31. The highest BCUT2D eigenvalue weighted by atomic mass is 35.5. The molecule has 0 radical (unpaired) electrons. The second-order valence-electron chi connectivity index (χ2n) is 6.03. The lowest BCUT2D eigenvalue weighted by molar-refractivity contribution is -0.133. The lowest BCUT2D eigenvalue weighted by atomic mass is 9.89. The van der Waals surface area contributed by atoms with Crippen molar-refractivity contribution in [2.24, 2.45) is 0 Å². The Labute approximate surface area is 145 Å². The molecule has 2 saturated heterocycles. The van der Waals surface area contributed by atoms with E-state index in [1.165, 1.54) is 6.07 Å². The number of halogens is 3. The van der Waals surface area contributed by atoms with Crippen molar-refractivity contribution in [1.29, 1.82) is 0 Å². The molecule has 2 aliphatic heterocycles. The first-order chi connectivity index (χ1) is 11.0. The minimum atomic E-state index is -0.730. The first-order valence-electron chi connectivity index (χ1n) is 7.84. The number of amides is 2. The SMILES string of the molecule is Cl.O=C1CCC(Nc2cc(F)c(C3CCNCC3)cc2F)C(=O)N1. The zero-order valence-corrected chi connectivity index (χ0v) is 13.8. The van der Waals surface area contributed by atoms with Crippen LogP contribution in [0.25, 0.3) is 0 Å². The minimum Gasteiger partial charge on any atom is -0.371 e. The van der Waals surface area contributed by atoms with Crippen LogP contribution in [-0.2, 0) is 9.59 Å². The summed E-state index contributed by atoms with van der Waals surface area (Å²) in [6, 6.07) is 1.60. The summed E-state index contributed by atoms with van der Waals surface area (Å²) in [5, 5.41) is 8.07. The molecule has 1 aromatic rings. The van der Waals surface area contributed by atoms with Gasteiger partial charge in [-0.2, -0.15) is 0 Å². The Kier molecular flexibility index (Phi) is 6.12. The van der Waals surface area contributed by atoms with Gasteiger partial charge in [-0.05, 0) is 49.9 Å². The normalized spacial score (nSPS) is 21.8. The number of hydrogen-bond acceptors (Lipinski definition) is 4. The maximum atomic E-state index is 14.3. The topological polar surface area (TPSA) is 70.2 Å². The molecule has 0 saturated carbocycles. The number of nitrogens with one attached hydrogen (secondary N) is 3. The molecule has 2 amide bonds. The van der Waals surface area contributed by atoms with Crippen molar-refractivity contribution in [3.8, 4) is 0 Å². The van der Waals surface area contributed by atoms with Crippen LogP contribution in [0.2, 0.25) is 0 Å². The number of hydrogen-bond donors (Lipinski definition) is 3. The number of rotatable bonds is 3. The summed E-state index contributed by atoms with van der Waals surface area (Å²) in [7, 11) is 0. The van der Waals surface area contributed by atoms with Gasteiger partial charge in [0, 0.05) is 12.5 Å². The molecule has 2 heterocycles. The molecule has 0 bridgehead atoms. The zero-order valence-electron chi connectivity index (χ0n) is 13.0. The van der Waals surface area contributed by atoms with Crippen LogP contribution in [0, 0.1) is 11.6 Å². The number of carbonyl (C=O) groups is 2. The lowest BCUT2D eigenvalue weighted by Gasteiger charge is -2.25. The van der Waals surface area contributed by atoms with Crippen molar-refractivity contribution in [2.45, 2.75) is 37.6 Å². The second kappa shape index (κ2) is 7.90. The summed E-state index contributed by atoms with van der Waals surface area (Å²) in [4.78, 5) is 22.8. The number of carbonyl (C=O) groups excluding carboxylic acids is 2. The van der Waals surface area contributed by atoms with E-state index in [-0.39, 0.29) is 42.8 Å². The van der Waals surface area contributed by atoms with E-state index in [0.717, 1.165) is 32.0 Å². The predicted molar refractivity (Wildman–Crippen MR) is 88.2 cm³/mol. The Balaban J connectivity index is 0.00000208. The molecule has 3 N–H and O–H groups in total. The molecule has 1 unspecified atom stereocenters. The molecule has 0 spiro atoms. The van der Waals surface area contributed by atoms with Gasteiger partial charge in [0.25, 0.3) is 0 Å². The van der Waals surface area contributed by atoms with Gasteiger partial charge in [0.15, 0.2) is 0 Å². The number of benzene rings is 1. The monoisotopic (exact) mass is 359 g/mol. The largest absolute Gasteiger partial charge is 0.371 e. The summed E-state index contributed by atoms with van der Waals surface area (Å²) in [6.07, 6.45) is 2.00. The molecule has 2 fully saturated rings. The summed E-state index contributed by atoms with van der Waals surface area (Å²) in [6.45, 7) is 1.59. The fourth-order valence-corrected chi connectivity index (χ4v) is 3.14. The predicted octanol–water partition coefficient (Wildman–Crippen LogP) is 2.07. The van der Waals surface area contributed by atoms with Gasteiger partial charge in [-0.1, -0.05) is 0 Å². The first kappa shape index (κ1) is 18.6. The molecule has 2 aliphatic rings. The smallest absolute Gasteiger partial charge is 0.249 e. The molecule has 5 nitrogen and oxygen atoms in total. The van der Waals surface area contributed by atoms with Crippen molar-refractivity contribution < 1.29 is 18.4 Å². The van der Waals surface area contributed by atoms with Crippen molar-refractivity contribution in [1.82, 2.24) is 10.6 Å². The molecule has 132 valence electrons. The summed E-state index contributed by atoms with van der Waals surface area (Å²) in [5.41, 5.74) is 0.340. The Morgan fingerprint density at radius 3 is 2.42 bits per heavy atom. The van der Waals surface area contributed by atoms with Gasteiger partial charge >= 0.3 is 0 Å². The molecule has 8 heteroatoms. The fourth-order valence-electron chi connectivity index (χ4n) is 3.14. The lowest BCUT2D eigenvalue weighted by Crippen LogP contribution is -2.47. The van der Waals surface area contributed by atoms with Crippen LogP contribution in [0.3, 0.4) is 0 Å². The van der Waals surface area contributed by atoms with Crippen molar-refractivity contribution >= 4 is 29.9 Å². The van der Waals surface area contributed by atoms with E-state index in [2.05, 4.69) is 16.0 Å². The highest BCUT2D eigenvalue weighted by Gasteiger charge is 2.28. The average molecular weight is 360 g/mol. The van der Waals surface area contributed by atoms with Crippen molar-refractivity contribution in [2.75, 3.05) is 18.4 Å². The van der Waals surface area contributed by atoms with E-state index in [1.807, 2.05) is 0 Å². The fraction of sp³-hybridized carbons (Fsp3) is 0.500. The molecule has 24 heavy (non-hydrogen) atoms. The second-order valence-corrected chi connectivity index (χ2v) is 6.03. The van der Waals surface area contributed by atoms with Gasteiger partial charge in [0.1, 0.15) is 17.7 Å². The van der Waals surface area contributed by atoms with Crippen molar-refractivity contribution in [3.05, 3.63) is 29.3 Å². The third-order valence-corrected chi connectivity index (χ3v) is 4.43. The van der Waals surface area contributed by atoms with Gasteiger partial charge in [-0.25, -0.2) is 8.78 Å². The third kappa shape index (κ3) is 4.02. The van der Waals surface area contributed by atoms with E-state index < -0.39 is 23.6 Å². The molecular formula is C16H20ClF2N3O2. The molecule has 1 atom stereocenters. The standard InChI is InChI=1S/C16H19F2N3O2.ClH/c17-11-8-14(20-13-1-2-15(22)21-16(13)23)12(18)7-10(11)9-3-5-19-6-4-9;/h7-9,13,19-20H,1-6H2,(H,21,22,23);1H. The van der Waals surface area contributed by atoms with Crippen molar-refractivity contribution in [3.63, 3.8) is 0 Å². The minimum absolute atomic E-state index is 0. The average Bonchev–Trinajstić information content (AvgIpc) is 2.54. The van der Waals surface area contributed by atoms with Crippen LogP contribution in [0.4, 0.5) is 14.5 Å². The van der Waals surface area contributed by atoms with Gasteiger partial charge in [0.2, 0.25) is 11.8 Å². The maximum Gasteiger partial charge on any atom is 0.249 e. The Morgan fingerprint density at radius 1 is 1.04 bits per heavy atom. The van der Waals surface area contributed by atoms with E-state index in [0.29, 0.717) is 5.56 Å². The number of anilines is 1. The number of piperidine rings is 2. The first-order valence-corrected chi connectivity index (χ1v) is 7.84. The van der Waals surface area contributed by atoms with Gasteiger partial charge in [0.05, 0.1) is 5.69 Å². The van der Waals surface area contributed by atoms with Crippen LogP contribution in [0.15, 0.2) is 12.1 Å². The van der Waals surface area contributed by atoms with Crippen LogP contribution >= 0.6 is 12.4 Å². The third-order valence-electron chi connectivity index (χ3n) is 4.43. The Bertz CT molecular complexity index is 636. The van der Waals surface area contributed by atoms with Gasteiger partial charge in [-0.15, -0.1) is 12.4 Å². The van der Waals surface area contributed by atoms with Crippen LogP contribution in [-0.4, -0.2) is 30.9 Å². The van der Waals surface area contributed by atoms with E-state index >= 15 is 0 Å². The molecule has 3 rings (SSSR count). The Hall–Kier alpha value is -1.73. The van der Waals surface area contributed by atoms with Crippen LogP contribution in [0.1, 0.15) is 37.2 Å². The molecule has 0 aromatic heterocycles. The molecule has 1 aromatic carbocycles. The zero-order chi connectivity index (χ0) is 16.4. The Morgan fingerprint density at radius 2 is 1.75 bits per heavy atom. The quantitative estimate of drug-likeness (QED) is 0.723. The van der Waals surface area contributed by atoms with Gasteiger partial charge < -0.3 is 10.6 Å². The van der Waals surface area contributed by atoms with Crippen LogP contribution < -0.4 is 16.0 Å². The maximum absolute atomic E-state index is 14.3.